The number of methoxy groups -OCH3 is 1. The third kappa shape index (κ3) is 4.88. The Labute approximate surface area is 204 Å². The van der Waals surface area contributed by atoms with E-state index < -0.39 is 0 Å². The lowest BCUT2D eigenvalue weighted by atomic mass is 10.0. The van der Waals surface area contributed by atoms with Crippen molar-refractivity contribution in [1.29, 1.82) is 0 Å². The summed E-state index contributed by atoms with van der Waals surface area (Å²) in [4.78, 5) is 27.6. The van der Waals surface area contributed by atoms with Gasteiger partial charge in [0.15, 0.2) is 0 Å². The molecule has 0 spiro atoms. The van der Waals surface area contributed by atoms with Crippen molar-refractivity contribution in [3.8, 4) is 5.75 Å². The first-order valence-electron chi connectivity index (χ1n) is 11.7. The van der Waals surface area contributed by atoms with E-state index in [9.17, 15) is 9.59 Å². The van der Waals surface area contributed by atoms with Gasteiger partial charge in [-0.1, -0.05) is 54.1 Å². The molecule has 2 amide bonds. The molecule has 34 heavy (non-hydrogen) atoms. The molecule has 176 valence electrons. The first-order chi connectivity index (χ1) is 16.5. The van der Waals surface area contributed by atoms with Gasteiger partial charge in [-0.25, -0.2) is 0 Å². The molecule has 2 N–H and O–H groups in total. The van der Waals surface area contributed by atoms with E-state index in [0.717, 1.165) is 38.9 Å². The minimum absolute atomic E-state index is 0.0419. The van der Waals surface area contributed by atoms with Crippen LogP contribution < -0.4 is 15.4 Å². The van der Waals surface area contributed by atoms with Gasteiger partial charge in [0, 0.05) is 37.7 Å². The van der Waals surface area contributed by atoms with E-state index in [1.807, 2.05) is 0 Å². The van der Waals surface area contributed by atoms with Crippen molar-refractivity contribution >= 4 is 39.9 Å². The molecule has 0 aromatic heterocycles. The molecule has 0 unspecified atom stereocenters. The zero-order valence-electron chi connectivity index (χ0n) is 19.1. The number of nitrogens with zero attached hydrogens (tertiary/aromatic N) is 1. The van der Waals surface area contributed by atoms with E-state index in [-0.39, 0.29) is 23.8 Å². The second-order valence-electron chi connectivity index (χ2n) is 9.13. The van der Waals surface area contributed by atoms with E-state index in [1.165, 1.54) is 23.4 Å². The number of anilines is 1. The molecule has 2 aliphatic rings. The van der Waals surface area contributed by atoms with Gasteiger partial charge in [0.1, 0.15) is 5.75 Å². The molecule has 0 radical (unpaired) electrons. The fourth-order valence-electron chi connectivity index (χ4n) is 4.60. The number of ether oxygens (including phenoxy) is 1. The number of amides is 2. The molecule has 1 heterocycles. The van der Waals surface area contributed by atoms with Crippen LogP contribution in [-0.4, -0.2) is 43.0 Å². The number of carbonyl (C=O) groups excluding carboxylic acids is 2. The van der Waals surface area contributed by atoms with Crippen LogP contribution in [0.2, 0.25) is 5.02 Å². The van der Waals surface area contributed by atoms with Gasteiger partial charge in [-0.2, -0.15) is 0 Å². The van der Waals surface area contributed by atoms with Crippen LogP contribution in [0.15, 0.2) is 54.6 Å². The largest absolute Gasteiger partial charge is 0.496 e. The molecule has 7 heteroatoms. The van der Waals surface area contributed by atoms with Crippen LogP contribution in [0.3, 0.4) is 0 Å². The smallest absolute Gasteiger partial charge is 0.255 e. The third-order valence-corrected chi connectivity index (χ3v) is 6.93. The van der Waals surface area contributed by atoms with Crippen molar-refractivity contribution in [1.82, 2.24) is 10.2 Å². The lowest BCUT2D eigenvalue weighted by Crippen LogP contribution is -2.37. The van der Waals surface area contributed by atoms with E-state index in [1.54, 1.807) is 12.1 Å². The van der Waals surface area contributed by atoms with Crippen molar-refractivity contribution in [2.45, 2.75) is 31.8 Å². The van der Waals surface area contributed by atoms with Crippen molar-refractivity contribution < 1.29 is 14.3 Å². The third-order valence-electron chi connectivity index (χ3n) is 6.62. The summed E-state index contributed by atoms with van der Waals surface area (Å²) in [6.07, 6.45) is 2.68. The molecular weight excluding hydrogens is 450 g/mol. The Morgan fingerprint density at radius 2 is 1.88 bits per heavy atom. The Bertz CT molecular complexity index is 1240. The first-order valence-corrected chi connectivity index (χ1v) is 12.1. The molecule has 1 atom stereocenters. The number of hydrogen-bond acceptors (Lipinski definition) is 4. The summed E-state index contributed by atoms with van der Waals surface area (Å²) in [6, 6.07) is 18.1. The van der Waals surface area contributed by atoms with Crippen LogP contribution in [-0.2, 0) is 11.3 Å². The van der Waals surface area contributed by atoms with E-state index in [2.05, 4.69) is 58.0 Å². The summed E-state index contributed by atoms with van der Waals surface area (Å²) in [5, 5.41) is 8.80. The molecule has 3 aromatic rings. The Morgan fingerprint density at radius 1 is 1.09 bits per heavy atom. The Balaban J connectivity index is 1.24. The topological polar surface area (TPSA) is 70.7 Å². The fraction of sp³-hybridized carbons (Fsp3) is 0.333. The van der Waals surface area contributed by atoms with Crippen molar-refractivity contribution in [2.24, 2.45) is 5.92 Å². The highest BCUT2D eigenvalue weighted by atomic mass is 35.5. The Morgan fingerprint density at radius 3 is 2.68 bits per heavy atom. The van der Waals surface area contributed by atoms with E-state index >= 15 is 0 Å². The van der Waals surface area contributed by atoms with Gasteiger partial charge in [0.05, 0.1) is 23.4 Å². The van der Waals surface area contributed by atoms with Crippen LogP contribution in [0.25, 0.3) is 10.8 Å². The minimum Gasteiger partial charge on any atom is -0.496 e. The quantitative estimate of drug-likeness (QED) is 0.510. The summed E-state index contributed by atoms with van der Waals surface area (Å²) in [6.45, 7) is 2.54. The molecule has 1 saturated heterocycles. The maximum Gasteiger partial charge on any atom is 0.255 e. The molecular formula is C27H28ClN3O3. The first kappa shape index (κ1) is 22.7. The van der Waals surface area contributed by atoms with Crippen molar-refractivity contribution in [3.63, 3.8) is 0 Å². The van der Waals surface area contributed by atoms with Crippen LogP contribution in [0.1, 0.15) is 35.2 Å². The Hall–Kier alpha value is -3.09. The number of rotatable bonds is 7. The van der Waals surface area contributed by atoms with Crippen LogP contribution in [0.5, 0.6) is 5.75 Å². The maximum absolute atomic E-state index is 13.1. The lowest BCUT2D eigenvalue weighted by molar-refractivity contribution is -0.117. The van der Waals surface area contributed by atoms with Gasteiger partial charge < -0.3 is 15.4 Å². The zero-order chi connectivity index (χ0) is 23.7. The highest BCUT2D eigenvalue weighted by Gasteiger charge is 2.31. The molecule has 1 aliphatic carbocycles. The predicted molar refractivity (Wildman–Crippen MR) is 134 cm³/mol. The Kier molecular flexibility index (Phi) is 6.44. The van der Waals surface area contributed by atoms with Gasteiger partial charge in [-0.15, -0.1) is 0 Å². The SMILES string of the molecule is COc1cc(NC(=O)C2CC2)c(Cl)cc1C(=O)N[C@H]1CCN(Cc2cccc3ccccc23)C1. The molecule has 5 rings (SSSR count). The van der Waals surface area contributed by atoms with Crippen LogP contribution in [0.4, 0.5) is 5.69 Å². The second-order valence-corrected chi connectivity index (χ2v) is 9.54. The highest BCUT2D eigenvalue weighted by Crippen LogP contribution is 2.35. The van der Waals surface area contributed by atoms with Gasteiger partial charge in [-0.3, -0.25) is 14.5 Å². The van der Waals surface area contributed by atoms with Crippen molar-refractivity contribution in [2.75, 3.05) is 25.5 Å². The highest BCUT2D eigenvalue weighted by molar-refractivity contribution is 6.34. The lowest BCUT2D eigenvalue weighted by Gasteiger charge is -2.19. The number of nitrogens with one attached hydrogen (secondary N) is 2. The van der Waals surface area contributed by atoms with Crippen LogP contribution >= 0.6 is 11.6 Å². The average Bonchev–Trinajstić information content (AvgIpc) is 3.61. The van der Waals surface area contributed by atoms with Crippen molar-refractivity contribution in [3.05, 3.63) is 70.7 Å². The normalized spacial score (nSPS) is 18.1. The average molecular weight is 478 g/mol. The number of halogens is 1. The number of fused-ring (bicyclic) bond motifs is 1. The molecule has 1 aliphatic heterocycles. The van der Waals surface area contributed by atoms with E-state index in [4.69, 9.17) is 16.3 Å². The van der Waals surface area contributed by atoms with Gasteiger partial charge in [-0.05, 0) is 41.7 Å². The van der Waals surface area contributed by atoms with Gasteiger partial charge >= 0.3 is 0 Å². The fourth-order valence-corrected chi connectivity index (χ4v) is 4.82. The van der Waals surface area contributed by atoms with Gasteiger partial charge in [0.25, 0.3) is 5.91 Å². The number of benzene rings is 3. The standard InChI is InChI=1S/C27H28ClN3O3/c1-34-25-14-24(30-26(32)18-9-10-18)23(28)13-22(25)27(33)29-20-11-12-31(16-20)15-19-7-4-6-17-5-2-3-8-21(17)19/h2-8,13-14,18,20H,9-12,15-16H2,1H3,(H,29,33)(H,30,32)/t20-/m0/s1. The maximum atomic E-state index is 13.1. The molecule has 2 fully saturated rings. The summed E-state index contributed by atoms with van der Waals surface area (Å²) in [5.74, 6) is 0.178. The number of hydrogen-bond donors (Lipinski definition) is 2. The minimum atomic E-state index is -0.226. The monoisotopic (exact) mass is 477 g/mol. The van der Waals surface area contributed by atoms with Crippen LogP contribution in [0, 0.1) is 5.92 Å². The second kappa shape index (κ2) is 9.65. The van der Waals surface area contributed by atoms with Gasteiger partial charge in [0.2, 0.25) is 5.91 Å². The molecule has 3 aromatic carbocycles. The molecule has 1 saturated carbocycles. The zero-order valence-corrected chi connectivity index (χ0v) is 19.9. The molecule has 0 bridgehead atoms. The molecule has 6 nitrogen and oxygen atoms in total. The summed E-state index contributed by atoms with van der Waals surface area (Å²) in [7, 11) is 1.51. The summed E-state index contributed by atoms with van der Waals surface area (Å²) >= 11 is 6.39. The van der Waals surface area contributed by atoms with E-state index in [0.29, 0.717) is 22.0 Å². The summed E-state index contributed by atoms with van der Waals surface area (Å²) < 4.78 is 5.44. The summed E-state index contributed by atoms with van der Waals surface area (Å²) in [5.41, 5.74) is 2.13. The number of likely N-dealkylation sites (tertiary alicyclic amines) is 1. The predicted octanol–water partition coefficient (Wildman–Crippen LogP) is 4.85. The number of carbonyl (C=O) groups is 2.